The smallest absolute Gasteiger partial charge is 0.105 e. The van der Waals surface area contributed by atoms with Crippen LogP contribution in [0.1, 0.15) is 29.9 Å². The van der Waals surface area contributed by atoms with E-state index in [1.807, 2.05) is 30.8 Å². The number of aliphatic hydroxyl groups excluding tert-OH is 1. The van der Waals surface area contributed by atoms with Gasteiger partial charge in [0.05, 0.1) is 6.10 Å². The maximum Gasteiger partial charge on any atom is 0.105 e. The van der Waals surface area contributed by atoms with Crippen LogP contribution in [0.25, 0.3) is 0 Å². The number of nitrogens with one attached hydrogen (secondary N) is 1. The Kier molecular flexibility index (Phi) is 4.12. The van der Waals surface area contributed by atoms with Gasteiger partial charge in [-0.25, -0.2) is 0 Å². The van der Waals surface area contributed by atoms with Crippen LogP contribution in [-0.4, -0.2) is 27.0 Å². The van der Waals surface area contributed by atoms with Crippen LogP contribution in [0.3, 0.4) is 0 Å². The Bertz CT molecular complexity index is 576. The van der Waals surface area contributed by atoms with Crippen LogP contribution < -0.4 is 5.32 Å². The Hall–Kier alpha value is -1.59. The molecule has 1 aliphatic rings. The quantitative estimate of drug-likeness (QED) is 0.884. The number of furan rings is 1. The molecule has 114 valence electrons. The van der Waals surface area contributed by atoms with Gasteiger partial charge in [0, 0.05) is 37.1 Å². The average Bonchev–Trinajstić information content (AvgIpc) is 3.11. The molecule has 0 bridgehead atoms. The van der Waals surface area contributed by atoms with Crippen molar-refractivity contribution in [2.45, 2.75) is 51.9 Å². The van der Waals surface area contributed by atoms with Crippen LogP contribution in [0.4, 0.5) is 0 Å². The first kappa shape index (κ1) is 14.4. The highest BCUT2D eigenvalue weighted by Gasteiger charge is 2.32. The lowest BCUT2D eigenvalue weighted by Gasteiger charge is -2.16. The van der Waals surface area contributed by atoms with E-state index in [4.69, 9.17) is 4.42 Å². The van der Waals surface area contributed by atoms with E-state index in [1.54, 1.807) is 6.20 Å². The summed E-state index contributed by atoms with van der Waals surface area (Å²) in [5.41, 5.74) is 1.18. The molecular weight excluding hydrogens is 266 g/mol. The molecule has 2 N–H and O–H groups in total. The largest absolute Gasteiger partial charge is 0.466 e. The van der Waals surface area contributed by atoms with Crippen molar-refractivity contribution in [3.05, 3.63) is 41.6 Å². The van der Waals surface area contributed by atoms with Crippen molar-refractivity contribution in [3.8, 4) is 0 Å². The molecule has 3 atom stereocenters. The van der Waals surface area contributed by atoms with Gasteiger partial charge < -0.3 is 14.8 Å². The second-order valence-electron chi connectivity index (χ2n) is 6.06. The highest BCUT2D eigenvalue weighted by Crippen LogP contribution is 2.28. The Morgan fingerprint density at radius 2 is 2.29 bits per heavy atom. The number of hydrogen-bond donors (Lipinski definition) is 2. The molecule has 2 aromatic heterocycles. The molecule has 5 heteroatoms. The van der Waals surface area contributed by atoms with Gasteiger partial charge in [-0.05, 0) is 44.7 Å². The molecule has 0 saturated heterocycles. The van der Waals surface area contributed by atoms with Gasteiger partial charge in [0.1, 0.15) is 11.5 Å². The van der Waals surface area contributed by atoms with Crippen molar-refractivity contribution in [1.82, 2.24) is 15.1 Å². The Morgan fingerprint density at radius 3 is 2.95 bits per heavy atom. The first-order chi connectivity index (χ1) is 10.1. The third-order valence-electron chi connectivity index (χ3n) is 4.33. The maximum absolute atomic E-state index is 10.2. The number of rotatable bonds is 5. The van der Waals surface area contributed by atoms with Gasteiger partial charge in [-0.2, -0.15) is 5.10 Å². The lowest BCUT2D eigenvalue weighted by molar-refractivity contribution is 0.145. The van der Waals surface area contributed by atoms with Gasteiger partial charge >= 0.3 is 0 Å². The van der Waals surface area contributed by atoms with E-state index in [0.29, 0.717) is 5.92 Å². The van der Waals surface area contributed by atoms with E-state index in [9.17, 15) is 5.11 Å². The summed E-state index contributed by atoms with van der Waals surface area (Å²) in [5.74, 6) is 2.37. The standard InChI is InChI=1S/C16H23N3O2/c1-11-6-14(12(2)21-11)9-17-15-7-13(8-16(15)20)10-19-5-3-4-18-19/h3-6,13,15-17,20H,7-10H2,1-2H3/t13?,15-,16-/m1/s1. The fourth-order valence-electron chi connectivity index (χ4n) is 3.26. The summed E-state index contributed by atoms with van der Waals surface area (Å²) >= 11 is 0. The second kappa shape index (κ2) is 6.03. The van der Waals surface area contributed by atoms with Crippen LogP contribution in [0.15, 0.2) is 28.9 Å². The van der Waals surface area contributed by atoms with Crippen LogP contribution in [-0.2, 0) is 13.1 Å². The number of aryl methyl sites for hydroxylation is 2. The van der Waals surface area contributed by atoms with E-state index in [2.05, 4.69) is 16.5 Å². The monoisotopic (exact) mass is 289 g/mol. The molecule has 5 nitrogen and oxygen atoms in total. The molecule has 0 radical (unpaired) electrons. The molecule has 1 aliphatic carbocycles. The fraction of sp³-hybridized carbons (Fsp3) is 0.562. The van der Waals surface area contributed by atoms with Crippen LogP contribution >= 0.6 is 0 Å². The normalized spacial score (nSPS) is 25.6. The third-order valence-corrected chi connectivity index (χ3v) is 4.33. The Balaban J connectivity index is 1.53. The first-order valence-corrected chi connectivity index (χ1v) is 7.56. The maximum atomic E-state index is 10.2. The molecule has 21 heavy (non-hydrogen) atoms. The molecule has 1 unspecified atom stereocenters. The summed E-state index contributed by atoms with van der Waals surface area (Å²) < 4.78 is 7.48. The molecular formula is C16H23N3O2. The van der Waals surface area contributed by atoms with Crippen molar-refractivity contribution in [2.75, 3.05) is 0 Å². The van der Waals surface area contributed by atoms with E-state index >= 15 is 0 Å². The lowest BCUT2D eigenvalue weighted by atomic mass is 10.1. The van der Waals surface area contributed by atoms with Gasteiger partial charge in [0.15, 0.2) is 0 Å². The van der Waals surface area contributed by atoms with Crippen molar-refractivity contribution >= 4 is 0 Å². The Labute approximate surface area is 125 Å². The number of hydrogen-bond acceptors (Lipinski definition) is 4. The van der Waals surface area contributed by atoms with Crippen LogP contribution in [0.5, 0.6) is 0 Å². The lowest BCUT2D eigenvalue weighted by Crippen LogP contribution is -2.35. The predicted octanol–water partition coefficient (Wildman–Crippen LogP) is 2.02. The van der Waals surface area contributed by atoms with E-state index in [1.165, 1.54) is 5.56 Å². The Morgan fingerprint density at radius 1 is 1.43 bits per heavy atom. The summed E-state index contributed by atoms with van der Waals surface area (Å²) in [4.78, 5) is 0. The predicted molar refractivity (Wildman–Crippen MR) is 79.8 cm³/mol. The fourth-order valence-corrected chi connectivity index (χ4v) is 3.26. The highest BCUT2D eigenvalue weighted by atomic mass is 16.3. The molecule has 0 amide bonds. The second-order valence-corrected chi connectivity index (χ2v) is 6.06. The average molecular weight is 289 g/mol. The van der Waals surface area contributed by atoms with Crippen LogP contribution in [0, 0.1) is 19.8 Å². The summed E-state index contributed by atoms with van der Waals surface area (Å²) in [5, 5.41) is 17.9. The van der Waals surface area contributed by atoms with E-state index < -0.39 is 0 Å². The molecule has 0 aromatic carbocycles. The van der Waals surface area contributed by atoms with Gasteiger partial charge in [-0.15, -0.1) is 0 Å². The summed E-state index contributed by atoms with van der Waals surface area (Å²) in [7, 11) is 0. The topological polar surface area (TPSA) is 63.2 Å². The zero-order chi connectivity index (χ0) is 14.8. The first-order valence-electron chi connectivity index (χ1n) is 7.56. The van der Waals surface area contributed by atoms with Gasteiger partial charge in [0.25, 0.3) is 0 Å². The van der Waals surface area contributed by atoms with Crippen molar-refractivity contribution in [1.29, 1.82) is 0 Å². The van der Waals surface area contributed by atoms with E-state index in [0.717, 1.165) is 37.5 Å². The summed E-state index contributed by atoms with van der Waals surface area (Å²) in [6.45, 7) is 5.57. The minimum absolute atomic E-state index is 0.153. The minimum atomic E-state index is -0.279. The van der Waals surface area contributed by atoms with E-state index in [-0.39, 0.29) is 12.1 Å². The minimum Gasteiger partial charge on any atom is -0.466 e. The van der Waals surface area contributed by atoms with Gasteiger partial charge in [-0.3, -0.25) is 4.68 Å². The number of nitrogens with zero attached hydrogens (tertiary/aromatic N) is 2. The number of aromatic nitrogens is 2. The molecule has 1 saturated carbocycles. The third kappa shape index (κ3) is 3.36. The van der Waals surface area contributed by atoms with Crippen molar-refractivity contribution in [2.24, 2.45) is 5.92 Å². The zero-order valence-corrected chi connectivity index (χ0v) is 12.6. The summed E-state index contributed by atoms with van der Waals surface area (Å²) in [6.07, 6.45) is 5.31. The molecule has 3 rings (SSSR count). The summed E-state index contributed by atoms with van der Waals surface area (Å²) in [6, 6.07) is 4.15. The molecule has 1 fully saturated rings. The molecule has 0 aliphatic heterocycles. The van der Waals surface area contributed by atoms with Gasteiger partial charge in [0.2, 0.25) is 0 Å². The molecule has 2 aromatic rings. The highest BCUT2D eigenvalue weighted by molar-refractivity contribution is 5.20. The molecule has 2 heterocycles. The number of aliphatic hydroxyl groups is 1. The van der Waals surface area contributed by atoms with Crippen LogP contribution in [0.2, 0.25) is 0 Å². The van der Waals surface area contributed by atoms with Gasteiger partial charge in [-0.1, -0.05) is 0 Å². The SMILES string of the molecule is Cc1cc(CN[C@@H]2CC(Cn3cccn3)C[C@H]2O)c(C)o1. The zero-order valence-electron chi connectivity index (χ0n) is 12.6. The van der Waals surface area contributed by atoms with Crippen molar-refractivity contribution in [3.63, 3.8) is 0 Å². The van der Waals surface area contributed by atoms with Crippen molar-refractivity contribution < 1.29 is 9.52 Å². The molecule has 0 spiro atoms.